The van der Waals surface area contributed by atoms with Crippen molar-refractivity contribution in [2.24, 2.45) is 0 Å². The summed E-state index contributed by atoms with van der Waals surface area (Å²) in [5.41, 5.74) is 0.780. The molecule has 0 heterocycles. The lowest BCUT2D eigenvalue weighted by Crippen LogP contribution is -2.07. The van der Waals surface area contributed by atoms with E-state index in [1.165, 1.54) is 7.11 Å². The Morgan fingerprint density at radius 1 is 1.28 bits per heavy atom. The van der Waals surface area contributed by atoms with Crippen molar-refractivity contribution in [2.45, 2.75) is 13.3 Å². The summed E-state index contributed by atoms with van der Waals surface area (Å²) in [6.07, 6.45) is 0.340. The minimum absolute atomic E-state index is 0. The highest BCUT2D eigenvalue weighted by atomic mass is 35.5. The first-order chi connectivity index (χ1) is 8.13. The predicted molar refractivity (Wildman–Crippen MR) is 74.9 cm³/mol. The zero-order chi connectivity index (χ0) is 12.8. The fourth-order valence-corrected chi connectivity index (χ4v) is 1.76. The van der Waals surface area contributed by atoms with E-state index < -0.39 is 0 Å². The molecule has 0 radical (unpaired) electrons. The average Bonchev–Trinajstić information content (AvgIpc) is 2.31. The van der Waals surface area contributed by atoms with E-state index in [9.17, 15) is 0 Å². The number of benzene rings is 1. The molecule has 0 bridgehead atoms. The summed E-state index contributed by atoms with van der Waals surface area (Å²) < 4.78 is 15.4. The molecule has 0 aliphatic heterocycles. The molecule has 6 heteroatoms. The molecule has 18 heavy (non-hydrogen) atoms. The van der Waals surface area contributed by atoms with Gasteiger partial charge in [-0.1, -0.05) is 17.7 Å². The van der Waals surface area contributed by atoms with Gasteiger partial charge in [0.2, 0.25) is 0 Å². The second-order valence-electron chi connectivity index (χ2n) is 3.31. The summed E-state index contributed by atoms with van der Waals surface area (Å²) in [6.45, 7) is 2.31. The Balaban J connectivity index is 0.00000289. The van der Waals surface area contributed by atoms with Crippen LogP contribution < -0.4 is 9.47 Å². The minimum Gasteiger partial charge on any atom is -0.493 e. The van der Waals surface area contributed by atoms with E-state index in [0.717, 1.165) is 5.56 Å². The number of halogens is 2. The van der Waals surface area contributed by atoms with Crippen molar-refractivity contribution in [1.82, 2.24) is 0 Å². The molecule has 0 amide bonds. The number of nitrogens with one attached hydrogen (secondary N) is 1. The van der Waals surface area contributed by atoms with Crippen LogP contribution in [0.4, 0.5) is 0 Å². The molecule has 1 N–H and O–H groups in total. The molecule has 0 atom stereocenters. The molecular formula is C12H17Cl2NO3. The van der Waals surface area contributed by atoms with Gasteiger partial charge in [-0.25, -0.2) is 0 Å². The summed E-state index contributed by atoms with van der Waals surface area (Å²) in [7, 11) is 3.08. The van der Waals surface area contributed by atoms with Gasteiger partial charge in [0, 0.05) is 6.42 Å². The molecule has 0 fully saturated rings. The monoisotopic (exact) mass is 293 g/mol. The first kappa shape index (κ1) is 16.9. The van der Waals surface area contributed by atoms with E-state index in [2.05, 4.69) is 0 Å². The van der Waals surface area contributed by atoms with E-state index in [0.29, 0.717) is 29.5 Å². The van der Waals surface area contributed by atoms with Crippen LogP contribution in [0.15, 0.2) is 12.1 Å². The highest BCUT2D eigenvalue weighted by Gasteiger charge is 2.14. The van der Waals surface area contributed by atoms with Gasteiger partial charge in [0.05, 0.1) is 25.8 Å². The van der Waals surface area contributed by atoms with E-state index in [4.69, 9.17) is 31.2 Å². The Kier molecular flexibility index (Phi) is 7.55. The van der Waals surface area contributed by atoms with Crippen LogP contribution in [0.3, 0.4) is 0 Å². The average molecular weight is 294 g/mol. The largest absolute Gasteiger partial charge is 0.493 e. The Morgan fingerprint density at radius 2 is 1.94 bits per heavy atom. The van der Waals surface area contributed by atoms with Gasteiger partial charge in [-0.05, 0) is 18.6 Å². The third-order valence-electron chi connectivity index (χ3n) is 2.23. The Bertz CT molecular complexity index is 411. The predicted octanol–water partition coefficient (Wildman–Crippen LogP) is 3.34. The van der Waals surface area contributed by atoms with Crippen molar-refractivity contribution in [1.29, 1.82) is 5.41 Å². The lowest BCUT2D eigenvalue weighted by atomic mass is 10.1. The zero-order valence-corrected chi connectivity index (χ0v) is 12.2. The van der Waals surface area contributed by atoms with E-state index in [-0.39, 0.29) is 18.3 Å². The molecule has 0 saturated heterocycles. The lowest BCUT2D eigenvalue weighted by molar-refractivity contribution is 0.316. The van der Waals surface area contributed by atoms with Crippen molar-refractivity contribution in [3.8, 4) is 11.5 Å². The maximum atomic E-state index is 7.60. The van der Waals surface area contributed by atoms with E-state index in [1.54, 1.807) is 19.2 Å². The van der Waals surface area contributed by atoms with Crippen LogP contribution in [-0.4, -0.2) is 26.7 Å². The highest BCUT2D eigenvalue weighted by molar-refractivity contribution is 6.33. The number of methoxy groups -OCH3 is 2. The summed E-state index contributed by atoms with van der Waals surface area (Å²) >= 11 is 6.18. The third kappa shape index (κ3) is 3.96. The number of hydrogen-bond acceptors (Lipinski definition) is 4. The normalized spacial score (nSPS) is 9.33. The highest BCUT2D eigenvalue weighted by Crippen LogP contribution is 2.37. The van der Waals surface area contributed by atoms with Crippen LogP contribution in [-0.2, 0) is 11.2 Å². The standard InChI is InChI=1S/C12H16ClNO3.ClH/c1-4-17-10(14)7-8-5-6-9(15-2)12(16-3)11(8)13;/h5-6,14H,4,7H2,1-3H3;1H. The molecule has 0 spiro atoms. The van der Waals surface area contributed by atoms with Gasteiger partial charge in [0.1, 0.15) is 0 Å². The lowest BCUT2D eigenvalue weighted by Gasteiger charge is -2.13. The van der Waals surface area contributed by atoms with Crippen LogP contribution in [0.25, 0.3) is 0 Å². The SMILES string of the molecule is CCOC(=N)Cc1ccc(OC)c(OC)c1Cl.Cl. The smallest absolute Gasteiger partial charge is 0.184 e. The van der Waals surface area contributed by atoms with E-state index in [1.807, 2.05) is 6.92 Å². The van der Waals surface area contributed by atoms with Crippen LogP contribution in [0.1, 0.15) is 12.5 Å². The fourth-order valence-electron chi connectivity index (χ4n) is 1.46. The van der Waals surface area contributed by atoms with Gasteiger partial charge in [-0.15, -0.1) is 12.4 Å². The van der Waals surface area contributed by atoms with E-state index >= 15 is 0 Å². The molecule has 1 aromatic carbocycles. The summed E-state index contributed by atoms with van der Waals surface area (Å²) in [5, 5.41) is 8.05. The van der Waals surface area contributed by atoms with Crippen molar-refractivity contribution in [3.63, 3.8) is 0 Å². The molecule has 4 nitrogen and oxygen atoms in total. The molecule has 0 unspecified atom stereocenters. The van der Waals surface area contributed by atoms with Gasteiger partial charge in [-0.3, -0.25) is 5.41 Å². The van der Waals surface area contributed by atoms with Crippen molar-refractivity contribution in [3.05, 3.63) is 22.7 Å². The molecule has 0 aromatic heterocycles. The molecule has 0 saturated carbocycles. The second-order valence-corrected chi connectivity index (χ2v) is 3.69. The molecule has 102 valence electrons. The van der Waals surface area contributed by atoms with Crippen LogP contribution in [0.5, 0.6) is 11.5 Å². The number of rotatable bonds is 5. The minimum atomic E-state index is 0. The zero-order valence-electron chi connectivity index (χ0n) is 10.6. The Labute approximate surface area is 118 Å². The van der Waals surface area contributed by atoms with Gasteiger partial charge in [0.15, 0.2) is 17.4 Å². The quantitative estimate of drug-likeness (QED) is 0.669. The summed E-state index contributed by atoms with van der Waals surface area (Å²) in [5.74, 6) is 1.24. The fraction of sp³-hybridized carbons (Fsp3) is 0.417. The first-order valence-electron chi connectivity index (χ1n) is 5.23. The van der Waals surface area contributed by atoms with Crippen molar-refractivity contribution < 1.29 is 14.2 Å². The van der Waals surface area contributed by atoms with Crippen LogP contribution in [0.2, 0.25) is 5.02 Å². The molecule has 0 aliphatic carbocycles. The molecule has 1 aromatic rings. The maximum Gasteiger partial charge on any atom is 0.184 e. The van der Waals surface area contributed by atoms with Gasteiger partial charge in [-0.2, -0.15) is 0 Å². The van der Waals surface area contributed by atoms with Crippen LogP contribution >= 0.6 is 24.0 Å². The van der Waals surface area contributed by atoms with Crippen molar-refractivity contribution in [2.75, 3.05) is 20.8 Å². The Morgan fingerprint density at radius 3 is 2.44 bits per heavy atom. The second kappa shape index (κ2) is 8.06. The summed E-state index contributed by atoms with van der Waals surface area (Å²) in [4.78, 5) is 0. The van der Waals surface area contributed by atoms with Crippen LogP contribution in [0, 0.1) is 5.41 Å². The maximum absolute atomic E-state index is 7.60. The molecular weight excluding hydrogens is 277 g/mol. The van der Waals surface area contributed by atoms with Gasteiger partial charge < -0.3 is 14.2 Å². The van der Waals surface area contributed by atoms with Gasteiger partial charge in [0.25, 0.3) is 0 Å². The molecule has 1 rings (SSSR count). The topological polar surface area (TPSA) is 51.5 Å². The number of hydrogen-bond donors (Lipinski definition) is 1. The summed E-state index contributed by atoms with van der Waals surface area (Å²) in [6, 6.07) is 3.57. The first-order valence-corrected chi connectivity index (χ1v) is 5.61. The molecule has 0 aliphatic rings. The van der Waals surface area contributed by atoms with Crippen molar-refractivity contribution >= 4 is 29.9 Å². The number of ether oxygens (including phenoxy) is 3. The third-order valence-corrected chi connectivity index (χ3v) is 2.65. The van der Waals surface area contributed by atoms with Gasteiger partial charge >= 0.3 is 0 Å². The Hall–Kier alpha value is -1.13.